The molecule has 0 atom stereocenters. The van der Waals surface area contributed by atoms with Gasteiger partial charge in [0, 0.05) is 22.3 Å². The number of aromatic nitrogens is 2. The Hall–Kier alpha value is -1.25. The highest BCUT2D eigenvalue weighted by Crippen LogP contribution is 2.38. The quantitative estimate of drug-likeness (QED) is 0.407. The van der Waals surface area contributed by atoms with E-state index in [0.29, 0.717) is 14.5 Å². The normalized spacial score (nSPS) is 10.4. The zero-order valence-corrected chi connectivity index (χ0v) is 13.9. The summed E-state index contributed by atoms with van der Waals surface area (Å²) in [5, 5.41) is 11.1. The second-order valence-electron chi connectivity index (χ2n) is 3.72. The molecule has 2 rings (SSSR count). The van der Waals surface area contributed by atoms with Crippen LogP contribution in [0, 0.1) is 17.0 Å². The highest BCUT2D eigenvalue weighted by atomic mass is 79.9. The lowest BCUT2D eigenvalue weighted by Gasteiger charge is -2.10. The molecule has 0 aliphatic heterocycles. The maximum absolute atomic E-state index is 11.1. The third kappa shape index (κ3) is 3.25. The van der Waals surface area contributed by atoms with E-state index in [0.717, 1.165) is 0 Å². The summed E-state index contributed by atoms with van der Waals surface area (Å²) in [5.41, 5.74) is 0.422. The lowest BCUT2D eigenvalue weighted by molar-refractivity contribution is -0.385. The van der Waals surface area contributed by atoms with Crippen molar-refractivity contribution >= 4 is 49.1 Å². The molecule has 0 saturated carbocycles. The Morgan fingerprint density at radius 3 is 2.75 bits per heavy atom. The molecule has 20 heavy (non-hydrogen) atoms. The molecule has 0 fully saturated rings. The fraction of sp³-hybridized carbons (Fsp3) is 0.0909. The maximum atomic E-state index is 11.1. The van der Waals surface area contributed by atoms with Crippen molar-refractivity contribution in [3.8, 4) is 11.6 Å². The second-order valence-corrected chi connectivity index (χ2v) is 5.83. The highest BCUT2D eigenvalue weighted by Gasteiger charge is 2.21. The second kappa shape index (κ2) is 6.02. The van der Waals surface area contributed by atoms with E-state index in [1.807, 2.05) is 0 Å². The Balaban J connectivity index is 2.53. The van der Waals surface area contributed by atoms with Gasteiger partial charge in [0.2, 0.25) is 16.9 Å². The topological polar surface area (TPSA) is 78.2 Å². The van der Waals surface area contributed by atoms with Gasteiger partial charge in [0.15, 0.2) is 0 Å². The van der Waals surface area contributed by atoms with E-state index in [1.165, 1.54) is 12.3 Å². The lowest BCUT2D eigenvalue weighted by atomic mass is 10.2. The van der Waals surface area contributed by atoms with Crippen LogP contribution in [0.5, 0.6) is 11.6 Å². The summed E-state index contributed by atoms with van der Waals surface area (Å²) >= 11 is 12.1. The van der Waals surface area contributed by atoms with E-state index in [4.69, 9.17) is 16.3 Å². The number of hydrogen-bond acceptors (Lipinski definition) is 5. The van der Waals surface area contributed by atoms with Crippen molar-refractivity contribution in [2.45, 2.75) is 6.92 Å². The number of nitrogens with zero attached hydrogens (tertiary/aromatic N) is 3. The Bertz CT molecular complexity index is 697. The zero-order valence-electron chi connectivity index (χ0n) is 9.93. The number of nitro groups is 1. The monoisotopic (exact) mass is 421 g/mol. The minimum atomic E-state index is -0.524. The van der Waals surface area contributed by atoms with Crippen molar-refractivity contribution in [2.75, 3.05) is 0 Å². The van der Waals surface area contributed by atoms with Crippen LogP contribution in [0.1, 0.15) is 5.56 Å². The number of ether oxygens (including phenoxy) is 1. The first-order valence-corrected chi connectivity index (χ1v) is 7.15. The van der Waals surface area contributed by atoms with Gasteiger partial charge in [-0.2, -0.15) is 4.98 Å². The van der Waals surface area contributed by atoms with E-state index in [1.54, 1.807) is 13.0 Å². The van der Waals surface area contributed by atoms with Crippen LogP contribution < -0.4 is 4.74 Å². The fourth-order valence-electron chi connectivity index (χ4n) is 1.48. The molecule has 0 amide bonds. The molecule has 1 aromatic heterocycles. The minimum Gasteiger partial charge on any atom is -0.430 e. The Labute approximate surface area is 135 Å². The molecule has 0 bridgehead atoms. The van der Waals surface area contributed by atoms with Crippen LogP contribution in [-0.2, 0) is 0 Å². The molecule has 1 aromatic carbocycles. The molecule has 2 aromatic rings. The molecule has 0 aliphatic carbocycles. The van der Waals surface area contributed by atoms with E-state index in [-0.39, 0.29) is 22.6 Å². The summed E-state index contributed by atoms with van der Waals surface area (Å²) in [4.78, 5) is 18.2. The predicted molar refractivity (Wildman–Crippen MR) is 80.3 cm³/mol. The summed E-state index contributed by atoms with van der Waals surface area (Å²) in [5.74, 6) is 0.215. The van der Waals surface area contributed by atoms with Crippen molar-refractivity contribution in [3.63, 3.8) is 0 Å². The molecule has 0 saturated heterocycles. The maximum Gasteiger partial charge on any atom is 0.313 e. The van der Waals surface area contributed by atoms with Gasteiger partial charge in [0.1, 0.15) is 0 Å². The SMILES string of the molecule is Cc1cc(Br)cc([N+](=O)[O-])c1Oc1nc(Cl)ncc1Br. The molecule has 0 N–H and O–H groups in total. The van der Waals surface area contributed by atoms with Gasteiger partial charge in [-0.05, 0) is 40.5 Å². The van der Waals surface area contributed by atoms with E-state index >= 15 is 0 Å². The Kier molecular flexibility index (Phi) is 4.56. The molecule has 104 valence electrons. The van der Waals surface area contributed by atoms with Gasteiger partial charge in [-0.25, -0.2) is 4.98 Å². The number of halogens is 3. The summed E-state index contributed by atoms with van der Waals surface area (Å²) in [7, 11) is 0. The zero-order chi connectivity index (χ0) is 14.9. The molecule has 6 nitrogen and oxygen atoms in total. The van der Waals surface area contributed by atoms with Crippen LogP contribution in [-0.4, -0.2) is 14.9 Å². The predicted octanol–water partition coefficient (Wildman–Crippen LogP) is 4.66. The number of benzene rings is 1. The number of hydrogen-bond donors (Lipinski definition) is 0. The summed E-state index contributed by atoms with van der Waals surface area (Å²) < 4.78 is 6.56. The largest absolute Gasteiger partial charge is 0.430 e. The average Bonchev–Trinajstić information content (AvgIpc) is 2.36. The summed E-state index contributed by atoms with van der Waals surface area (Å²) in [6.07, 6.45) is 1.41. The summed E-state index contributed by atoms with van der Waals surface area (Å²) in [6, 6.07) is 3.07. The van der Waals surface area contributed by atoms with Gasteiger partial charge in [0.25, 0.3) is 0 Å². The van der Waals surface area contributed by atoms with Crippen molar-refractivity contribution < 1.29 is 9.66 Å². The number of nitro benzene ring substituents is 1. The standard InChI is InChI=1S/C11H6Br2ClN3O3/c1-5-2-6(12)3-8(17(18)19)9(5)20-10-7(13)4-15-11(14)16-10/h2-4H,1H3. The van der Waals surface area contributed by atoms with E-state index in [9.17, 15) is 10.1 Å². The van der Waals surface area contributed by atoms with Crippen LogP contribution in [0.4, 0.5) is 5.69 Å². The first-order chi connectivity index (χ1) is 9.38. The van der Waals surface area contributed by atoms with Crippen molar-refractivity contribution in [3.05, 3.63) is 48.2 Å². The van der Waals surface area contributed by atoms with Gasteiger partial charge >= 0.3 is 5.69 Å². The van der Waals surface area contributed by atoms with Gasteiger partial charge in [-0.1, -0.05) is 15.9 Å². The highest BCUT2D eigenvalue weighted by molar-refractivity contribution is 9.10. The molecule has 0 radical (unpaired) electrons. The van der Waals surface area contributed by atoms with E-state index in [2.05, 4.69) is 41.8 Å². The van der Waals surface area contributed by atoms with Crippen molar-refractivity contribution in [2.24, 2.45) is 0 Å². The molecule has 0 aliphatic rings. The Morgan fingerprint density at radius 1 is 1.40 bits per heavy atom. The number of aryl methyl sites for hydroxylation is 1. The van der Waals surface area contributed by atoms with Gasteiger partial charge in [-0.15, -0.1) is 0 Å². The molecular formula is C11H6Br2ClN3O3. The van der Waals surface area contributed by atoms with Crippen molar-refractivity contribution in [1.29, 1.82) is 0 Å². The molecule has 0 spiro atoms. The molecular weight excluding hydrogens is 417 g/mol. The van der Waals surface area contributed by atoms with Crippen molar-refractivity contribution in [1.82, 2.24) is 9.97 Å². The minimum absolute atomic E-state index is 0.0133. The van der Waals surface area contributed by atoms with Crippen LogP contribution in [0.15, 0.2) is 27.3 Å². The third-order valence-corrected chi connectivity index (χ3v) is 3.48. The van der Waals surface area contributed by atoms with Crippen LogP contribution in [0.2, 0.25) is 5.28 Å². The first kappa shape index (κ1) is 15.1. The van der Waals surface area contributed by atoms with Crippen LogP contribution >= 0.6 is 43.5 Å². The number of rotatable bonds is 3. The lowest BCUT2D eigenvalue weighted by Crippen LogP contribution is -1.98. The van der Waals surface area contributed by atoms with Crippen LogP contribution in [0.3, 0.4) is 0 Å². The smallest absolute Gasteiger partial charge is 0.313 e. The van der Waals surface area contributed by atoms with Crippen LogP contribution in [0.25, 0.3) is 0 Å². The van der Waals surface area contributed by atoms with E-state index < -0.39 is 4.92 Å². The Morgan fingerprint density at radius 2 is 2.10 bits per heavy atom. The summed E-state index contributed by atoms with van der Waals surface area (Å²) in [6.45, 7) is 1.70. The molecule has 9 heteroatoms. The third-order valence-electron chi connectivity index (χ3n) is 2.30. The fourth-order valence-corrected chi connectivity index (χ4v) is 2.44. The van der Waals surface area contributed by atoms with Gasteiger partial charge in [0.05, 0.1) is 9.40 Å². The van der Waals surface area contributed by atoms with Gasteiger partial charge in [-0.3, -0.25) is 10.1 Å². The average molecular weight is 423 g/mol. The molecule has 0 unspecified atom stereocenters. The first-order valence-electron chi connectivity index (χ1n) is 5.19. The molecule has 1 heterocycles. The van der Waals surface area contributed by atoms with Gasteiger partial charge < -0.3 is 4.74 Å².